The van der Waals surface area contributed by atoms with Crippen molar-refractivity contribution < 1.29 is 19.4 Å². The number of phenolic OH excluding ortho intramolecular Hbond substituents is 1. The molecule has 0 aliphatic rings. The molecule has 7 nitrogen and oxygen atoms in total. The summed E-state index contributed by atoms with van der Waals surface area (Å²) in [5, 5.41) is 18.9. The molecule has 0 aromatic heterocycles. The monoisotopic (exact) mass is 555 g/mol. The molecule has 2 amide bonds. The minimum absolute atomic E-state index is 0.0690. The fraction of sp³-hybridized carbons (Fsp3) is 0.0741. The molecule has 4 aromatic rings. The Balaban J connectivity index is 1.41. The maximum Gasteiger partial charge on any atom is 0.271 e. The lowest BCUT2D eigenvalue weighted by molar-refractivity contribution is -0.123. The Hall–Kier alpha value is -3.78. The lowest BCUT2D eigenvalue weighted by Gasteiger charge is -2.12. The number of hydrazone groups is 1. The van der Waals surface area contributed by atoms with Crippen molar-refractivity contribution in [2.45, 2.75) is 6.54 Å². The molecule has 0 heterocycles. The minimum atomic E-state index is -0.480. The van der Waals surface area contributed by atoms with Gasteiger partial charge in [-0.25, -0.2) is 5.43 Å². The Bertz CT molecular complexity index is 1490. The predicted molar refractivity (Wildman–Crippen MR) is 146 cm³/mol. The number of carbonyl (C=O) groups excluding carboxylic acids is 2. The maximum atomic E-state index is 12.4. The highest BCUT2D eigenvalue weighted by atomic mass is 35.5. The topological polar surface area (TPSA) is 100 Å². The molecular weight excluding hydrogens is 537 g/mol. The van der Waals surface area contributed by atoms with E-state index in [-0.39, 0.29) is 35.4 Å². The molecule has 4 aromatic carbocycles. The number of aromatic hydroxyl groups is 1. The summed E-state index contributed by atoms with van der Waals surface area (Å²) >= 11 is 18.2. The SMILES string of the molecule is O=C(COc1ccc(/C=N/NC(=O)c2ccc(O)c(Cl)c2)c2ccccc12)NCc1c(Cl)cccc1Cl. The van der Waals surface area contributed by atoms with Crippen LogP contribution in [0.5, 0.6) is 11.5 Å². The average molecular weight is 557 g/mol. The summed E-state index contributed by atoms with van der Waals surface area (Å²) < 4.78 is 5.78. The molecule has 0 radical (unpaired) electrons. The fourth-order valence-electron chi connectivity index (χ4n) is 3.49. The number of amides is 2. The second kappa shape index (κ2) is 12.0. The lowest BCUT2D eigenvalue weighted by Crippen LogP contribution is -2.28. The third-order valence-electron chi connectivity index (χ3n) is 5.38. The number of carbonyl (C=O) groups is 2. The van der Waals surface area contributed by atoms with E-state index < -0.39 is 5.91 Å². The molecule has 3 N–H and O–H groups in total. The van der Waals surface area contributed by atoms with Crippen LogP contribution in [-0.4, -0.2) is 29.7 Å². The van der Waals surface area contributed by atoms with E-state index in [9.17, 15) is 14.7 Å². The van der Waals surface area contributed by atoms with Gasteiger partial charge in [-0.15, -0.1) is 0 Å². The second-order valence-corrected chi connectivity index (χ2v) is 9.05. The number of hydrogen-bond donors (Lipinski definition) is 3. The lowest BCUT2D eigenvalue weighted by atomic mass is 10.0. The molecule has 0 spiro atoms. The largest absolute Gasteiger partial charge is 0.506 e. The Kier molecular flexibility index (Phi) is 8.50. The molecule has 0 bridgehead atoms. The fourth-order valence-corrected chi connectivity index (χ4v) is 4.20. The molecule has 0 fully saturated rings. The summed E-state index contributed by atoms with van der Waals surface area (Å²) in [6.45, 7) is -0.0241. The van der Waals surface area contributed by atoms with Crippen molar-refractivity contribution in [1.82, 2.24) is 10.7 Å². The van der Waals surface area contributed by atoms with Crippen molar-refractivity contribution in [2.75, 3.05) is 6.61 Å². The molecule has 0 aliphatic heterocycles. The summed E-state index contributed by atoms with van der Waals surface area (Å²) in [6, 6.07) is 20.2. The van der Waals surface area contributed by atoms with Gasteiger partial charge in [-0.05, 0) is 47.9 Å². The van der Waals surface area contributed by atoms with Gasteiger partial charge in [0.15, 0.2) is 6.61 Å². The van der Waals surface area contributed by atoms with Crippen LogP contribution < -0.4 is 15.5 Å². The van der Waals surface area contributed by atoms with Crippen molar-refractivity contribution in [1.29, 1.82) is 0 Å². The molecule has 0 unspecified atom stereocenters. The molecule has 10 heteroatoms. The summed E-state index contributed by atoms with van der Waals surface area (Å²) in [5.41, 5.74) is 4.05. The van der Waals surface area contributed by atoms with Crippen LogP contribution in [0.25, 0.3) is 10.8 Å². The second-order valence-electron chi connectivity index (χ2n) is 7.83. The summed E-state index contributed by atoms with van der Waals surface area (Å²) in [4.78, 5) is 24.7. The molecule has 37 heavy (non-hydrogen) atoms. The molecule has 0 atom stereocenters. The zero-order valence-corrected chi connectivity index (χ0v) is 21.4. The first-order chi connectivity index (χ1) is 17.8. The minimum Gasteiger partial charge on any atom is -0.506 e. The number of rotatable bonds is 8. The zero-order valence-electron chi connectivity index (χ0n) is 19.2. The van der Waals surface area contributed by atoms with Crippen molar-refractivity contribution in [3.8, 4) is 11.5 Å². The standard InChI is InChI=1S/C27H20Cl3N3O4/c28-21-6-3-7-22(29)20(21)14-31-26(35)15-37-25-11-9-17(18-4-1-2-5-19(18)25)13-32-33-27(36)16-8-10-24(34)23(30)12-16/h1-13,34H,14-15H2,(H,31,35)(H,33,36)/b32-13+. The average Bonchev–Trinajstić information content (AvgIpc) is 2.89. The van der Waals surface area contributed by atoms with Crippen LogP contribution in [0.4, 0.5) is 0 Å². The first kappa shape index (κ1) is 26.3. The van der Waals surface area contributed by atoms with E-state index in [1.807, 2.05) is 24.3 Å². The molecular formula is C27H20Cl3N3O4. The van der Waals surface area contributed by atoms with Gasteiger partial charge < -0.3 is 15.2 Å². The van der Waals surface area contributed by atoms with Crippen LogP contribution in [0.3, 0.4) is 0 Å². The number of hydrogen-bond acceptors (Lipinski definition) is 5. The smallest absolute Gasteiger partial charge is 0.271 e. The van der Waals surface area contributed by atoms with Gasteiger partial charge in [-0.2, -0.15) is 5.10 Å². The van der Waals surface area contributed by atoms with Crippen LogP contribution in [0.2, 0.25) is 15.1 Å². The van der Waals surface area contributed by atoms with Gasteiger partial charge in [0, 0.05) is 38.7 Å². The highest BCUT2D eigenvalue weighted by molar-refractivity contribution is 6.36. The Morgan fingerprint density at radius 3 is 2.35 bits per heavy atom. The van der Waals surface area contributed by atoms with Crippen LogP contribution in [0.1, 0.15) is 21.5 Å². The molecule has 0 aliphatic carbocycles. The zero-order chi connectivity index (χ0) is 26.4. The maximum absolute atomic E-state index is 12.4. The normalized spacial score (nSPS) is 11.0. The highest BCUT2D eigenvalue weighted by Gasteiger charge is 2.11. The highest BCUT2D eigenvalue weighted by Crippen LogP contribution is 2.28. The van der Waals surface area contributed by atoms with Crippen molar-refractivity contribution >= 4 is 63.6 Å². The van der Waals surface area contributed by atoms with Crippen LogP contribution in [-0.2, 0) is 11.3 Å². The van der Waals surface area contributed by atoms with E-state index in [0.29, 0.717) is 21.4 Å². The number of ether oxygens (including phenoxy) is 1. The Morgan fingerprint density at radius 2 is 1.62 bits per heavy atom. The molecule has 0 saturated carbocycles. The van der Waals surface area contributed by atoms with Gasteiger partial charge in [-0.3, -0.25) is 9.59 Å². The predicted octanol–water partition coefficient (Wildman–Crippen LogP) is 5.96. The van der Waals surface area contributed by atoms with Crippen LogP contribution in [0, 0.1) is 0 Å². The molecule has 4 rings (SSSR count). The Labute approximate surface area is 227 Å². The number of phenols is 1. The van der Waals surface area contributed by atoms with Crippen molar-refractivity contribution in [3.05, 3.63) is 105 Å². The first-order valence-electron chi connectivity index (χ1n) is 11.0. The molecule has 0 saturated heterocycles. The summed E-state index contributed by atoms with van der Waals surface area (Å²) in [7, 11) is 0. The van der Waals surface area contributed by atoms with Crippen molar-refractivity contribution in [3.63, 3.8) is 0 Å². The van der Waals surface area contributed by atoms with Gasteiger partial charge >= 0.3 is 0 Å². The number of halogens is 3. The van der Waals surface area contributed by atoms with E-state index >= 15 is 0 Å². The van der Waals surface area contributed by atoms with Gasteiger partial charge in [-0.1, -0.05) is 65.1 Å². The van der Waals surface area contributed by atoms with Gasteiger partial charge in [0.05, 0.1) is 11.2 Å². The van der Waals surface area contributed by atoms with E-state index in [4.69, 9.17) is 39.5 Å². The van der Waals surface area contributed by atoms with Gasteiger partial charge in [0.25, 0.3) is 11.8 Å². The number of fused-ring (bicyclic) bond motifs is 1. The summed E-state index contributed by atoms with van der Waals surface area (Å²) in [5.74, 6) is -0.409. The number of nitrogens with one attached hydrogen (secondary N) is 2. The number of nitrogens with zero attached hydrogens (tertiary/aromatic N) is 1. The first-order valence-corrected chi connectivity index (χ1v) is 12.1. The van der Waals surface area contributed by atoms with E-state index in [1.54, 1.807) is 30.3 Å². The Morgan fingerprint density at radius 1 is 0.892 bits per heavy atom. The quantitative estimate of drug-likeness (QED) is 0.184. The van der Waals surface area contributed by atoms with E-state index in [0.717, 1.165) is 16.3 Å². The van der Waals surface area contributed by atoms with Crippen LogP contribution >= 0.6 is 34.8 Å². The van der Waals surface area contributed by atoms with Gasteiger partial charge in [0.2, 0.25) is 0 Å². The third kappa shape index (κ3) is 6.51. The van der Waals surface area contributed by atoms with Crippen molar-refractivity contribution in [2.24, 2.45) is 5.10 Å². The molecule has 188 valence electrons. The summed E-state index contributed by atoms with van der Waals surface area (Å²) in [6.07, 6.45) is 1.51. The van der Waals surface area contributed by atoms with Crippen LogP contribution in [0.15, 0.2) is 77.9 Å². The van der Waals surface area contributed by atoms with E-state index in [2.05, 4.69) is 15.8 Å². The third-order valence-corrected chi connectivity index (χ3v) is 6.39. The van der Waals surface area contributed by atoms with Gasteiger partial charge in [0.1, 0.15) is 11.5 Å². The number of benzene rings is 4. The van der Waals surface area contributed by atoms with E-state index in [1.165, 1.54) is 24.4 Å².